The molecule has 3 N–H and O–H groups in total. The topological polar surface area (TPSA) is 107 Å². The maximum atomic E-state index is 12.0. The van der Waals surface area contributed by atoms with Crippen LogP contribution >= 0.6 is 0 Å². The molecule has 0 saturated heterocycles. The van der Waals surface area contributed by atoms with E-state index in [4.69, 9.17) is 10.3 Å². The summed E-state index contributed by atoms with van der Waals surface area (Å²) >= 11 is 0. The van der Waals surface area contributed by atoms with E-state index in [2.05, 4.69) is 20.4 Å². The van der Waals surface area contributed by atoms with E-state index in [9.17, 15) is 4.79 Å². The Balaban J connectivity index is 1.96. The molecule has 2 rings (SSSR count). The van der Waals surface area contributed by atoms with Crippen LogP contribution in [0, 0.1) is 0 Å². The molecule has 0 spiro atoms. The number of hydrogen-bond donors (Lipinski definition) is 2. The standard InChI is InChI=1S/C14H19N5O2/c1-3-6-14(2,15)13(20)17-9-11-18-12(19-21-11)10-4-7-16-8-5-10/h4-5,7-8H,3,6,9,15H2,1-2H3,(H,17,20). The molecule has 0 aromatic carbocycles. The number of nitrogens with two attached hydrogens (primary N) is 1. The molecule has 1 atom stereocenters. The highest BCUT2D eigenvalue weighted by Crippen LogP contribution is 2.14. The molecule has 1 unspecified atom stereocenters. The lowest BCUT2D eigenvalue weighted by molar-refractivity contribution is -0.126. The van der Waals surface area contributed by atoms with Gasteiger partial charge in [0.1, 0.15) is 0 Å². The number of pyridine rings is 1. The van der Waals surface area contributed by atoms with Gasteiger partial charge >= 0.3 is 0 Å². The fourth-order valence-electron chi connectivity index (χ4n) is 1.94. The van der Waals surface area contributed by atoms with Crippen LogP contribution in [0.1, 0.15) is 32.6 Å². The highest BCUT2D eigenvalue weighted by molar-refractivity contribution is 5.85. The SMILES string of the molecule is CCCC(C)(N)C(=O)NCc1nc(-c2ccncc2)no1. The van der Waals surface area contributed by atoms with E-state index in [-0.39, 0.29) is 12.5 Å². The summed E-state index contributed by atoms with van der Waals surface area (Å²) in [5.41, 5.74) is 5.87. The van der Waals surface area contributed by atoms with Gasteiger partial charge in [-0.2, -0.15) is 4.98 Å². The number of hydrogen-bond acceptors (Lipinski definition) is 6. The minimum atomic E-state index is -0.886. The highest BCUT2D eigenvalue weighted by atomic mass is 16.5. The summed E-state index contributed by atoms with van der Waals surface area (Å²) in [5.74, 6) is 0.571. The Labute approximate surface area is 122 Å². The number of nitrogens with one attached hydrogen (secondary N) is 1. The molecule has 21 heavy (non-hydrogen) atoms. The molecule has 112 valence electrons. The number of amides is 1. The molecule has 7 nitrogen and oxygen atoms in total. The number of rotatable bonds is 6. The van der Waals surface area contributed by atoms with Crippen LogP contribution in [-0.2, 0) is 11.3 Å². The summed E-state index contributed by atoms with van der Waals surface area (Å²) in [6.07, 6.45) is 4.76. The van der Waals surface area contributed by atoms with Gasteiger partial charge in [-0.05, 0) is 25.5 Å². The lowest BCUT2D eigenvalue weighted by Gasteiger charge is -2.22. The molecule has 2 aromatic heterocycles. The third-order valence-electron chi connectivity index (χ3n) is 3.09. The lowest BCUT2D eigenvalue weighted by atomic mass is 9.97. The zero-order chi connectivity index (χ0) is 15.3. The smallest absolute Gasteiger partial charge is 0.246 e. The van der Waals surface area contributed by atoms with Gasteiger partial charge in [-0.3, -0.25) is 9.78 Å². The predicted octanol–water partition coefficient (Wildman–Crippen LogP) is 1.27. The summed E-state index contributed by atoms with van der Waals surface area (Å²) in [4.78, 5) is 20.1. The first-order valence-electron chi connectivity index (χ1n) is 6.83. The normalized spacial score (nSPS) is 13.7. The number of carbonyl (C=O) groups is 1. The van der Waals surface area contributed by atoms with E-state index in [0.717, 1.165) is 12.0 Å². The maximum absolute atomic E-state index is 12.0. The Morgan fingerprint density at radius 3 is 2.81 bits per heavy atom. The molecule has 0 radical (unpaired) electrons. The lowest BCUT2D eigenvalue weighted by Crippen LogP contribution is -2.51. The van der Waals surface area contributed by atoms with Gasteiger partial charge in [0.2, 0.25) is 17.6 Å². The Morgan fingerprint density at radius 1 is 1.43 bits per heavy atom. The van der Waals surface area contributed by atoms with Crippen molar-refractivity contribution in [1.82, 2.24) is 20.4 Å². The number of nitrogens with zero attached hydrogens (tertiary/aromatic N) is 3. The molecular formula is C14H19N5O2. The van der Waals surface area contributed by atoms with Crippen LogP contribution in [0.5, 0.6) is 0 Å². The summed E-state index contributed by atoms with van der Waals surface area (Å²) in [6.45, 7) is 3.85. The van der Waals surface area contributed by atoms with E-state index in [0.29, 0.717) is 18.1 Å². The van der Waals surface area contributed by atoms with Crippen molar-refractivity contribution < 1.29 is 9.32 Å². The second kappa shape index (κ2) is 6.45. The van der Waals surface area contributed by atoms with Crippen molar-refractivity contribution >= 4 is 5.91 Å². The quantitative estimate of drug-likeness (QED) is 0.829. The van der Waals surface area contributed by atoms with E-state index < -0.39 is 5.54 Å². The average molecular weight is 289 g/mol. The second-order valence-corrected chi connectivity index (χ2v) is 5.10. The Hall–Kier alpha value is -2.28. The van der Waals surface area contributed by atoms with E-state index >= 15 is 0 Å². The van der Waals surface area contributed by atoms with Gasteiger partial charge in [0, 0.05) is 18.0 Å². The summed E-state index contributed by atoms with van der Waals surface area (Å²) in [6, 6.07) is 3.57. The zero-order valence-electron chi connectivity index (χ0n) is 12.2. The van der Waals surface area contributed by atoms with Crippen molar-refractivity contribution in [3.63, 3.8) is 0 Å². The largest absolute Gasteiger partial charge is 0.345 e. The number of carbonyl (C=O) groups excluding carboxylic acids is 1. The third-order valence-corrected chi connectivity index (χ3v) is 3.09. The molecular weight excluding hydrogens is 270 g/mol. The molecule has 2 heterocycles. The van der Waals surface area contributed by atoms with E-state index in [1.807, 2.05) is 6.92 Å². The van der Waals surface area contributed by atoms with Crippen molar-refractivity contribution in [2.45, 2.75) is 38.8 Å². The van der Waals surface area contributed by atoms with Gasteiger partial charge in [0.25, 0.3) is 0 Å². The van der Waals surface area contributed by atoms with Crippen LogP contribution in [0.3, 0.4) is 0 Å². The first-order chi connectivity index (χ1) is 10.0. The van der Waals surface area contributed by atoms with Gasteiger partial charge in [-0.15, -0.1) is 0 Å². The molecule has 2 aromatic rings. The first kappa shape index (κ1) is 15.1. The van der Waals surface area contributed by atoms with Crippen molar-refractivity contribution in [3.8, 4) is 11.4 Å². The van der Waals surface area contributed by atoms with E-state index in [1.54, 1.807) is 31.5 Å². The van der Waals surface area contributed by atoms with Gasteiger partial charge in [-0.25, -0.2) is 0 Å². The monoisotopic (exact) mass is 289 g/mol. The number of aromatic nitrogens is 3. The predicted molar refractivity (Wildman–Crippen MR) is 76.9 cm³/mol. The molecule has 7 heteroatoms. The van der Waals surface area contributed by atoms with Crippen LogP contribution < -0.4 is 11.1 Å². The Morgan fingerprint density at radius 2 is 2.14 bits per heavy atom. The molecule has 0 fully saturated rings. The van der Waals surface area contributed by atoms with Crippen molar-refractivity contribution in [2.75, 3.05) is 0 Å². The summed E-state index contributed by atoms with van der Waals surface area (Å²) in [5, 5.41) is 6.58. The van der Waals surface area contributed by atoms with E-state index in [1.165, 1.54) is 0 Å². The zero-order valence-corrected chi connectivity index (χ0v) is 12.2. The molecule has 0 bridgehead atoms. The highest BCUT2D eigenvalue weighted by Gasteiger charge is 2.27. The van der Waals surface area contributed by atoms with Gasteiger partial charge in [-0.1, -0.05) is 18.5 Å². The molecule has 0 aliphatic carbocycles. The molecule has 0 aliphatic heterocycles. The van der Waals surface area contributed by atoms with Crippen molar-refractivity contribution in [1.29, 1.82) is 0 Å². The van der Waals surface area contributed by atoms with Crippen LogP contribution in [0.4, 0.5) is 0 Å². The maximum Gasteiger partial charge on any atom is 0.246 e. The first-order valence-corrected chi connectivity index (χ1v) is 6.83. The minimum absolute atomic E-state index is 0.160. The van der Waals surface area contributed by atoms with Crippen LogP contribution in [0.15, 0.2) is 29.0 Å². The fourth-order valence-corrected chi connectivity index (χ4v) is 1.94. The van der Waals surface area contributed by atoms with Crippen LogP contribution in [0.2, 0.25) is 0 Å². The molecule has 1 amide bonds. The van der Waals surface area contributed by atoms with Gasteiger partial charge in [0.15, 0.2) is 0 Å². The van der Waals surface area contributed by atoms with Crippen LogP contribution in [-0.4, -0.2) is 26.6 Å². The second-order valence-electron chi connectivity index (χ2n) is 5.10. The fraction of sp³-hybridized carbons (Fsp3) is 0.429. The van der Waals surface area contributed by atoms with Gasteiger partial charge in [0.05, 0.1) is 12.1 Å². The Bertz CT molecular complexity index is 594. The van der Waals surface area contributed by atoms with Crippen molar-refractivity contribution in [3.05, 3.63) is 30.4 Å². The Kier molecular flexibility index (Phi) is 4.64. The molecule has 0 aliphatic rings. The molecule has 0 saturated carbocycles. The van der Waals surface area contributed by atoms with Gasteiger partial charge < -0.3 is 15.6 Å². The minimum Gasteiger partial charge on any atom is -0.345 e. The summed E-state index contributed by atoms with van der Waals surface area (Å²) < 4.78 is 5.11. The third kappa shape index (κ3) is 3.85. The summed E-state index contributed by atoms with van der Waals surface area (Å²) in [7, 11) is 0. The average Bonchev–Trinajstić information content (AvgIpc) is 2.94. The van der Waals surface area contributed by atoms with Crippen LogP contribution in [0.25, 0.3) is 11.4 Å². The van der Waals surface area contributed by atoms with Crippen molar-refractivity contribution in [2.24, 2.45) is 5.73 Å².